The molecule has 3 aromatic rings. The van der Waals surface area contributed by atoms with Crippen molar-refractivity contribution in [3.63, 3.8) is 0 Å². The molecule has 1 aromatic heterocycles. The molecule has 0 aliphatic carbocycles. The minimum Gasteiger partial charge on any atom is -0.500 e. The number of esters is 1. The minimum absolute atomic E-state index is 0.121. The molecule has 0 radical (unpaired) electrons. The van der Waals surface area contributed by atoms with Crippen LogP contribution < -0.4 is 14.2 Å². The third-order valence-corrected chi connectivity index (χ3v) is 3.47. The number of methoxy groups -OCH3 is 2. The van der Waals surface area contributed by atoms with E-state index in [0.29, 0.717) is 23.0 Å². The maximum absolute atomic E-state index is 11.8. The molecule has 29 heavy (non-hydrogen) atoms. The van der Waals surface area contributed by atoms with E-state index in [0.717, 1.165) is 6.26 Å². The molecule has 8 nitrogen and oxygen atoms in total. The number of aromatic nitrogens is 2. The Morgan fingerprint density at radius 2 is 1.55 bits per heavy atom. The van der Waals surface area contributed by atoms with Crippen molar-refractivity contribution in [1.82, 2.24) is 9.97 Å². The molecular weight excluding hydrogens is 376 g/mol. The van der Waals surface area contributed by atoms with Gasteiger partial charge in [0.2, 0.25) is 5.76 Å². The smallest absolute Gasteiger partial charge is 0.377 e. The number of hydrogen-bond acceptors (Lipinski definition) is 8. The molecule has 0 aliphatic heterocycles. The second kappa shape index (κ2) is 9.75. The van der Waals surface area contributed by atoms with E-state index in [1.165, 1.54) is 14.2 Å². The SMILES string of the molecule is CO/C=C(/Oc1ccccc1Oc1cccc(Oc2ncccn2)c1)C(=O)OC. The van der Waals surface area contributed by atoms with Crippen LogP contribution in [-0.4, -0.2) is 30.2 Å². The lowest BCUT2D eigenvalue weighted by molar-refractivity contribution is -0.138. The summed E-state index contributed by atoms with van der Waals surface area (Å²) in [5.74, 6) is 0.876. The van der Waals surface area contributed by atoms with Crippen molar-refractivity contribution in [3.8, 4) is 29.0 Å². The van der Waals surface area contributed by atoms with Crippen molar-refractivity contribution in [2.45, 2.75) is 0 Å². The summed E-state index contributed by atoms with van der Waals surface area (Å²) in [6.45, 7) is 0. The summed E-state index contributed by atoms with van der Waals surface area (Å²) < 4.78 is 26.7. The summed E-state index contributed by atoms with van der Waals surface area (Å²) >= 11 is 0. The molecule has 1 heterocycles. The first-order chi connectivity index (χ1) is 14.2. The largest absolute Gasteiger partial charge is 0.500 e. The molecule has 0 aliphatic rings. The first-order valence-corrected chi connectivity index (χ1v) is 8.50. The van der Waals surface area contributed by atoms with Gasteiger partial charge in [-0.1, -0.05) is 18.2 Å². The van der Waals surface area contributed by atoms with E-state index in [1.54, 1.807) is 67.0 Å². The maximum Gasteiger partial charge on any atom is 0.377 e. The highest BCUT2D eigenvalue weighted by atomic mass is 16.6. The summed E-state index contributed by atoms with van der Waals surface area (Å²) in [5, 5.41) is 0. The van der Waals surface area contributed by atoms with Crippen molar-refractivity contribution in [1.29, 1.82) is 0 Å². The lowest BCUT2D eigenvalue weighted by atomic mass is 10.3. The summed E-state index contributed by atoms with van der Waals surface area (Å²) in [5.41, 5.74) is 0. The molecule has 0 atom stereocenters. The van der Waals surface area contributed by atoms with Crippen molar-refractivity contribution < 1.29 is 28.5 Å². The number of ether oxygens (including phenoxy) is 5. The van der Waals surface area contributed by atoms with Gasteiger partial charge in [0.25, 0.3) is 0 Å². The number of rotatable bonds is 8. The average Bonchev–Trinajstić information content (AvgIpc) is 2.75. The van der Waals surface area contributed by atoms with E-state index >= 15 is 0 Å². The van der Waals surface area contributed by atoms with Gasteiger partial charge < -0.3 is 23.7 Å². The van der Waals surface area contributed by atoms with Crippen molar-refractivity contribution in [2.75, 3.05) is 14.2 Å². The van der Waals surface area contributed by atoms with Crippen LogP contribution in [0.15, 0.2) is 79.0 Å². The van der Waals surface area contributed by atoms with Crippen LogP contribution in [0.4, 0.5) is 0 Å². The number of para-hydroxylation sites is 2. The fourth-order valence-electron chi connectivity index (χ4n) is 2.23. The molecule has 8 heteroatoms. The van der Waals surface area contributed by atoms with Crippen LogP contribution in [0.5, 0.6) is 29.0 Å². The quantitative estimate of drug-likeness (QED) is 0.320. The maximum atomic E-state index is 11.8. The molecule has 0 saturated heterocycles. The van der Waals surface area contributed by atoms with Crippen molar-refractivity contribution >= 4 is 5.97 Å². The molecule has 3 rings (SSSR count). The van der Waals surface area contributed by atoms with Gasteiger partial charge in [0, 0.05) is 18.5 Å². The molecule has 0 unspecified atom stereocenters. The monoisotopic (exact) mass is 394 g/mol. The highest BCUT2D eigenvalue weighted by molar-refractivity contribution is 5.86. The third-order valence-electron chi connectivity index (χ3n) is 3.47. The highest BCUT2D eigenvalue weighted by Gasteiger charge is 2.16. The average molecular weight is 394 g/mol. The van der Waals surface area contributed by atoms with Crippen molar-refractivity contribution in [2.24, 2.45) is 0 Å². The topological polar surface area (TPSA) is 89.0 Å². The predicted octanol–water partition coefficient (Wildman–Crippen LogP) is 4.10. The lowest BCUT2D eigenvalue weighted by Crippen LogP contribution is -2.11. The van der Waals surface area contributed by atoms with Crippen molar-refractivity contribution in [3.05, 3.63) is 79.0 Å². The van der Waals surface area contributed by atoms with Gasteiger partial charge in [-0.05, 0) is 30.3 Å². The van der Waals surface area contributed by atoms with Gasteiger partial charge in [-0.2, -0.15) is 0 Å². The molecule has 0 N–H and O–H groups in total. The van der Waals surface area contributed by atoms with Gasteiger partial charge in [-0.25, -0.2) is 14.8 Å². The van der Waals surface area contributed by atoms with Gasteiger partial charge in [-0.3, -0.25) is 0 Å². The number of nitrogens with zero attached hydrogens (tertiary/aromatic N) is 2. The van der Waals surface area contributed by atoms with Crippen LogP contribution in [0.3, 0.4) is 0 Å². The van der Waals surface area contributed by atoms with E-state index < -0.39 is 5.97 Å². The molecule has 2 aromatic carbocycles. The Morgan fingerprint density at radius 3 is 2.24 bits per heavy atom. The molecule has 0 amide bonds. The van der Waals surface area contributed by atoms with Crippen LogP contribution in [0.25, 0.3) is 0 Å². The fourth-order valence-corrected chi connectivity index (χ4v) is 2.23. The number of carbonyl (C=O) groups excluding carboxylic acids is 1. The Balaban J connectivity index is 1.80. The van der Waals surface area contributed by atoms with Crippen LogP contribution in [0.1, 0.15) is 0 Å². The predicted molar refractivity (Wildman–Crippen MR) is 103 cm³/mol. The van der Waals surface area contributed by atoms with E-state index in [-0.39, 0.29) is 11.8 Å². The third kappa shape index (κ3) is 5.46. The Kier molecular flexibility index (Phi) is 6.62. The second-order valence-electron chi connectivity index (χ2n) is 5.47. The molecule has 148 valence electrons. The van der Waals surface area contributed by atoms with Gasteiger partial charge in [0.15, 0.2) is 11.5 Å². The normalized spacial score (nSPS) is 10.8. The van der Waals surface area contributed by atoms with Crippen LogP contribution in [0, 0.1) is 0 Å². The first kappa shape index (κ1) is 19.7. The van der Waals surface area contributed by atoms with Gasteiger partial charge in [0.1, 0.15) is 17.8 Å². The molecular formula is C21H18N2O6. The summed E-state index contributed by atoms with van der Waals surface area (Å²) in [6, 6.07) is 15.7. The number of benzene rings is 2. The summed E-state index contributed by atoms with van der Waals surface area (Å²) in [4.78, 5) is 19.9. The Labute approximate surface area is 167 Å². The zero-order valence-corrected chi connectivity index (χ0v) is 15.8. The Hall–Kier alpha value is -4.07. The molecule has 0 fully saturated rings. The van der Waals surface area contributed by atoms with Crippen LogP contribution in [0.2, 0.25) is 0 Å². The van der Waals surface area contributed by atoms with Crippen LogP contribution in [-0.2, 0) is 14.3 Å². The Morgan fingerprint density at radius 1 is 0.862 bits per heavy atom. The van der Waals surface area contributed by atoms with E-state index in [1.807, 2.05) is 0 Å². The highest BCUT2D eigenvalue weighted by Crippen LogP contribution is 2.34. The van der Waals surface area contributed by atoms with Crippen LogP contribution >= 0.6 is 0 Å². The zero-order valence-electron chi connectivity index (χ0n) is 15.8. The lowest BCUT2D eigenvalue weighted by Gasteiger charge is -2.13. The molecule has 0 bridgehead atoms. The number of carbonyl (C=O) groups is 1. The Bertz CT molecular complexity index is 991. The van der Waals surface area contributed by atoms with Gasteiger partial charge >= 0.3 is 12.0 Å². The first-order valence-electron chi connectivity index (χ1n) is 8.50. The standard InChI is InChI=1S/C21H18N2O6/c1-25-14-19(20(24)26-2)29-18-10-4-3-9-17(18)27-15-7-5-8-16(13-15)28-21-22-11-6-12-23-21/h3-14H,1-2H3/b19-14+. The van der Waals surface area contributed by atoms with E-state index in [2.05, 4.69) is 14.7 Å². The zero-order chi connectivity index (χ0) is 20.5. The summed E-state index contributed by atoms with van der Waals surface area (Å²) in [7, 11) is 2.65. The summed E-state index contributed by atoms with van der Waals surface area (Å²) in [6.07, 6.45) is 4.32. The second-order valence-corrected chi connectivity index (χ2v) is 5.47. The molecule has 0 spiro atoms. The number of hydrogen-bond donors (Lipinski definition) is 0. The van der Waals surface area contributed by atoms with E-state index in [9.17, 15) is 4.79 Å². The minimum atomic E-state index is -0.681. The van der Waals surface area contributed by atoms with Gasteiger partial charge in [-0.15, -0.1) is 0 Å². The van der Waals surface area contributed by atoms with Gasteiger partial charge in [0.05, 0.1) is 14.2 Å². The fraction of sp³-hybridized carbons (Fsp3) is 0.0952. The molecule has 0 saturated carbocycles. The van der Waals surface area contributed by atoms with E-state index in [4.69, 9.17) is 18.9 Å².